The summed E-state index contributed by atoms with van der Waals surface area (Å²) in [7, 11) is 0. The minimum Gasteiger partial charge on any atom is -0.354 e. The van der Waals surface area contributed by atoms with E-state index in [0.29, 0.717) is 6.54 Å². The molecule has 0 spiro atoms. The molecule has 0 saturated carbocycles. The Balaban J connectivity index is 2.32. The average Bonchev–Trinajstić information content (AvgIpc) is 2.20. The summed E-state index contributed by atoms with van der Waals surface area (Å²) in [4.78, 5) is 11.1. The van der Waals surface area contributed by atoms with Crippen LogP contribution < -0.4 is 5.32 Å². The quantitative estimate of drug-likeness (QED) is 0.813. The molecule has 0 radical (unpaired) electrons. The predicted molar refractivity (Wildman–Crippen MR) is 63.5 cm³/mol. The molecule has 0 saturated heterocycles. The van der Waals surface area contributed by atoms with Gasteiger partial charge in [-0.3, -0.25) is 4.79 Å². The molecule has 1 N–H and O–H groups in total. The van der Waals surface area contributed by atoms with Gasteiger partial charge in [0.2, 0.25) is 5.91 Å². The highest BCUT2D eigenvalue weighted by atomic mass is 35.5. The van der Waals surface area contributed by atoms with Crippen molar-refractivity contribution in [1.82, 2.24) is 5.32 Å². The second kappa shape index (κ2) is 5.99. The van der Waals surface area contributed by atoms with E-state index < -0.39 is 5.38 Å². The first-order valence-corrected chi connectivity index (χ1v) is 5.57. The third-order valence-electron chi connectivity index (χ3n) is 1.99. The van der Waals surface area contributed by atoms with Crippen LogP contribution in [-0.2, 0) is 11.2 Å². The van der Waals surface area contributed by atoms with Crippen LogP contribution >= 0.6 is 23.2 Å². The van der Waals surface area contributed by atoms with E-state index in [2.05, 4.69) is 5.32 Å². The van der Waals surface area contributed by atoms with Crippen LogP contribution in [0.4, 0.5) is 0 Å². The number of rotatable bonds is 4. The Bertz CT molecular complexity index is 322. The number of hydrogen-bond acceptors (Lipinski definition) is 1. The van der Waals surface area contributed by atoms with Gasteiger partial charge >= 0.3 is 0 Å². The summed E-state index contributed by atoms with van der Waals surface area (Å²) < 4.78 is 0. The van der Waals surface area contributed by atoms with Gasteiger partial charge in [0.25, 0.3) is 0 Å². The van der Waals surface area contributed by atoms with Crippen LogP contribution in [0.25, 0.3) is 0 Å². The molecule has 0 unspecified atom stereocenters. The van der Waals surface area contributed by atoms with Gasteiger partial charge in [-0.15, -0.1) is 11.6 Å². The van der Waals surface area contributed by atoms with E-state index in [9.17, 15) is 4.79 Å². The minimum atomic E-state index is -0.477. The van der Waals surface area contributed by atoms with E-state index in [1.807, 2.05) is 24.3 Å². The van der Waals surface area contributed by atoms with E-state index in [1.54, 1.807) is 6.92 Å². The summed E-state index contributed by atoms with van der Waals surface area (Å²) in [6, 6.07) is 7.56. The molecule has 0 bridgehead atoms. The second-order valence-corrected chi connectivity index (χ2v) is 4.37. The van der Waals surface area contributed by atoms with Crippen LogP contribution in [0.2, 0.25) is 5.02 Å². The van der Waals surface area contributed by atoms with Crippen molar-refractivity contribution in [2.75, 3.05) is 6.54 Å². The highest BCUT2D eigenvalue weighted by Crippen LogP contribution is 2.09. The summed E-state index contributed by atoms with van der Waals surface area (Å²) in [6.07, 6.45) is 0.784. The van der Waals surface area contributed by atoms with Crippen molar-refractivity contribution < 1.29 is 4.79 Å². The van der Waals surface area contributed by atoms with E-state index >= 15 is 0 Å². The topological polar surface area (TPSA) is 29.1 Å². The molecular weight excluding hydrogens is 233 g/mol. The number of alkyl halides is 1. The summed E-state index contributed by atoms with van der Waals surface area (Å²) in [5.74, 6) is -0.134. The third kappa shape index (κ3) is 4.54. The van der Waals surface area contributed by atoms with Gasteiger partial charge in [0.05, 0.1) is 0 Å². The van der Waals surface area contributed by atoms with Crippen molar-refractivity contribution in [1.29, 1.82) is 0 Å². The van der Waals surface area contributed by atoms with Gasteiger partial charge in [0.1, 0.15) is 5.38 Å². The molecule has 0 aliphatic heterocycles. The van der Waals surface area contributed by atoms with E-state index in [0.717, 1.165) is 17.0 Å². The fraction of sp³-hybridized carbons (Fsp3) is 0.364. The van der Waals surface area contributed by atoms with Gasteiger partial charge < -0.3 is 5.32 Å². The lowest BCUT2D eigenvalue weighted by atomic mass is 10.1. The van der Waals surface area contributed by atoms with Crippen molar-refractivity contribution >= 4 is 29.1 Å². The van der Waals surface area contributed by atoms with E-state index in [1.165, 1.54) is 0 Å². The second-order valence-electron chi connectivity index (χ2n) is 3.28. The first-order chi connectivity index (χ1) is 7.09. The molecule has 4 heteroatoms. The number of carbonyl (C=O) groups is 1. The fourth-order valence-electron chi connectivity index (χ4n) is 1.12. The largest absolute Gasteiger partial charge is 0.354 e. The van der Waals surface area contributed by atoms with Gasteiger partial charge in [-0.1, -0.05) is 23.7 Å². The zero-order chi connectivity index (χ0) is 11.3. The zero-order valence-corrected chi connectivity index (χ0v) is 9.98. The number of amides is 1. The summed E-state index contributed by atoms with van der Waals surface area (Å²) in [5, 5.41) is 2.98. The van der Waals surface area contributed by atoms with Crippen LogP contribution in [0.3, 0.4) is 0 Å². The highest BCUT2D eigenvalue weighted by molar-refractivity contribution is 6.30. The maximum absolute atomic E-state index is 11.1. The fourth-order valence-corrected chi connectivity index (χ4v) is 1.32. The average molecular weight is 246 g/mol. The smallest absolute Gasteiger partial charge is 0.237 e. The lowest BCUT2D eigenvalue weighted by molar-refractivity contribution is -0.120. The summed E-state index contributed by atoms with van der Waals surface area (Å²) >= 11 is 11.4. The molecule has 1 aromatic carbocycles. The van der Waals surface area contributed by atoms with Gasteiger partial charge in [-0.05, 0) is 31.0 Å². The Labute approximate surface area is 99.6 Å². The molecule has 82 valence electrons. The predicted octanol–water partition coefficient (Wildman–Crippen LogP) is 2.63. The normalized spacial score (nSPS) is 12.2. The van der Waals surface area contributed by atoms with Crippen molar-refractivity contribution in [2.24, 2.45) is 0 Å². The van der Waals surface area contributed by atoms with Gasteiger partial charge in [-0.2, -0.15) is 0 Å². The van der Waals surface area contributed by atoms with Crippen molar-refractivity contribution in [3.05, 3.63) is 34.9 Å². The lowest BCUT2D eigenvalue weighted by Gasteiger charge is -2.06. The van der Waals surface area contributed by atoms with E-state index in [4.69, 9.17) is 23.2 Å². The molecule has 15 heavy (non-hydrogen) atoms. The Morgan fingerprint density at radius 2 is 2.00 bits per heavy atom. The monoisotopic (exact) mass is 245 g/mol. The third-order valence-corrected chi connectivity index (χ3v) is 2.44. The molecule has 1 rings (SSSR count). The Hall–Kier alpha value is -0.730. The number of halogens is 2. The van der Waals surface area contributed by atoms with Crippen LogP contribution in [0.15, 0.2) is 24.3 Å². The summed E-state index contributed by atoms with van der Waals surface area (Å²) in [6.45, 7) is 2.25. The highest BCUT2D eigenvalue weighted by Gasteiger charge is 2.07. The van der Waals surface area contributed by atoms with Crippen molar-refractivity contribution in [3.63, 3.8) is 0 Å². The Kier molecular flexibility index (Phi) is 4.92. The van der Waals surface area contributed by atoms with Crippen molar-refractivity contribution in [3.8, 4) is 0 Å². The molecule has 1 aromatic rings. The van der Waals surface area contributed by atoms with Crippen LogP contribution in [0.1, 0.15) is 12.5 Å². The Morgan fingerprint density at radius 3 is 2.53 bits per heavy atom. The molecule has 0 aromatic heterocycles. The van der Waals surface area contributed by atoms with Gasteiger partial charge in [0, 0.05) is 11.6 Å². The number of carbonyl (C=O) groups excluding carboxylic acids is 1. The van der Waals surface area contributed by atoms with Crippen LogP contribution in [0, 0.1) is 0 Å². The lowest BCUT2D eigenvalue weighted by Crippen LogP contribution is -2.31. The molecule has 0 heterocycles. The maximum Gasteiger partial charge on any atom is 0.237 e. The van der Waals surface area contributed by atoms with Gasteiger partial charge in [-0.25, -0.2) is 0 Å². The molecular formula is C11H13Cl2NO. The number of benzene rings is 1. The van der Waals surface area contributed by atoms with E-state index in [-0.39, 0.29) is 5.91 Å². The first-order valence-electron chi connectivity index (χ1n) is 4.76. The zero-order valence-electron chi connectivity index (χ0n) is 8.47. The molecule has 0 aliphatic carbocycles. The standard InChI is InChI=1S/C11H13Cl2NO/c1-8(12)11(15)14-7-6-9-2-4-10(13)5-3-9/h2-5,8H,6-7H2,1H3,(H,14,15)/t8-/m0/s1. The SMILES string of the molecule is C[C@H](Cl)C(=O)NCCc1ccc(Cl)cc1. The molecule has 0 fully saturated rings. The molecule has 1 atom stereocenters. The first kappa shape index (κ1) is 12.3. The van der Waals surface area contributed by atoms with Crippen LogP contribution in [-0.4, -0.2) is 17.8 Å². The van der Waals surface area contributed by atoms with Crippen molar-refractivity contribution in [2.45, 2.75) is 18.7 Å². The Morgan fingerprint density at radius 1 is 1.40 bits per heavy atom. The number of nitrogens with one attached hydrogen (secondary N) is 1. The molecule has 2 nitrogen and oxygen atoms in total. The summed E-state index contributed by atoms with van der Waals surface area (Å²) in [5.41, 5.74) is 1.14. The van der Waals surface area contributed by atoms with Gasteiger partial charge in [0.15, 0.2) is 0 Å². The van der Waals surface area contributed by atoms with Crippen LogP contribution in [0.5, 0.6) is 0 Å². The number of hydrogen-bond donors (Lipinski definition) is 1. The maximum atomic E-state index is 11.1. The molecule has 0 aliphatic rings. The minimum absolute atomic E-state index is 0.134. The molecule has 1 amide bonds.